The van der Waals surface area contributed by atoms with Gasteiger partial charge < -0.3 is 5.73 Å². The third-order valence-corrected chi connectivity index (χ3v) is 4.19. The van der Waals surface area contributed by atoms with Crippen LogP contribution in [0.2, 0.25) is 0 Å². The molecule has 2 N–H and O–H groups in total. The molecule has 1 aliphatic rings. The van der Waals surface area contributed by atoms with Crippen LogP contribution in [0.15, 0.2) is 0 Å². The van der Waals surface area contributed by atoms with E-state index in [9.17, 15) is 0 Å². The van der Waals surface area contributed by atoms with Gasteiger partial charge in [-0.3, -0.25) is 0 Å². The van der Waals surface area contributed by atoms with E-state index >= 15 is 0 Å². The maximum atomic E-state index is 5.99. The van der Waals surface area contributed by atoms with Gasteiger partial charge in [0.2, 0.25) is 0 Å². The summed E-state index contributed by atoms with van der Waals surface area (Å²) in [5.74, 6) is 1.03. The van der Waals surface area contributed by atoms with Crippen LogP contribution in [0.25, 0.3) is 0 Å². The predicted molar refractivity (Wildman–Crippen MR) is 59.2 cm³/mol. The summed E-state index contributed by atoms with van der Waals surface area (Å²) < 4.78 is 0. The van der Waals surface area contributed by atoms with E-state index in [2.05, 4.69) is 11.2 Å². The van der Waals surface area contributed by atoms with Crippen molar-refractivity contribution >= 4 is 23.1 Å². The first-order chi connectivity index (χ1) is 6.31. The zero-order valence-corrected chi connectivity index (χ0v) is 9.38. The van der Waals surface area contributed by atoms with E-state index < -0.39 is 0 Å². The van der Waals surface area contributed by atoms with E-state index in [1.165, 1.54) is 28.4 Å². The topological polar surface area (TPSA) is 38.9 Å². The second-order valence-electron chi connectivity index (χ2n) is 3.35. The molecular weight excluding hydrogens is 200 g/mol. The summed E-state index contributed by atoms with van der Waals surface area (Å²) in [6.45, 7) is 0. The maximum absolute atomic E-state index is 5.99. The zero-order chi connectivity index (χ0) is 9.26. The number of fused-ring (bicyclic) bond motifs is 1. The third kappa shape index (κ3) is 1.90. The molecule has 13 heavy (non-hydrogen) atoms. The highest BCUT2D eigenvalue weighted by atomic mass is 32.2. The average Bonchev–Trinajstić information content (AvgIpc) is 2.49. The molecule has 2 rings (SSSR count). The summed E-state index contributed by atoms with van der Waals surface area (Å²) in [5.41, 5.74) is 7.17. The smallest absolute Gasteiger partial charge is 0.103 e. The van der Waals surface area contributed by atoms with Crippen molar-refractivity contribution in [2.24, 2.45) is 5.73 Å². The Balaban J connectivity index is 2.25. The molecule has 0 amide bonds. The molecule has 72 valence electrons. The standard InChI is InChI=1S/C9H14N2S2/c1-12-5-8-11-9-6(10)3-2-4-7(9)13-8/h6H,2-5,10H2,1H3. The minimum Gasteiger partial charge on any atom is -0.323 e. The summed E-state index contributed by atoms with van der Waals surface area (Å²) in [4.78, 5) is 6.03. The molecule has 0 spiro atoms. The molecule has 0 aromatic carbocycles. The fourth-order valence-electron chi connectivity index (χ4n) is 1.69. The van der Waals surface area contributed by atoms with Crippen molar-refractivity contribution in [2.45, 2.75) is 31.1 Å². The average molecular weight is 214 g/mol. The van der Waals surface area contributed by atoms with Gasteiger partial charge in [-0.1, -0.05) is 0 Å². The first-order valence-corrected chi connectivity index (χ1v) is 6.75. The van der Waals surface area contributed by atoms with Crippen LogP contribution in [0.4, 0.5) is 0 Å². The van der Waals surface area contributed by atoms with Crippen LogP contribution in [0.5, 0.6) is 0 Å². The Kier molecular flexibility index (Phi) is 2.91. The molecule has 1 heterocycles. The molecule has 2 nitrogen and oxygen atoms in total. The van der Waals surface area contributed by atoms with E-state index in [0.717, 1.165) is 12.2 Å². The van der Waals surface area contributed by atoms with Gasteiger partial charge in [0.05, 0.1) is 5.69 Å². The van der Waals surface area contributed by atoms with E-state index in [-0.39, 0.29) is 6.04 Å². The largest absolute Gasteiger partial charge is 0.323 e. The van der Waals surface area contributed by atoms with Gasteiger partial charge in [0.1, 0.15) is 5.01 Å². The van der Waals surface area contributed by atoms with Crippen molar-refractivity contribution in [3.05, 3.63) is 15.6 Å². The number of nitrogens with two attached hydrogens (primary N) is 1. The van der Waals surface area contributed by atoms with Gasteiger partial charge in [-0.25, -0.2) is 4.98 Å². The lowest BCUT2D eigenvalue weighted by molar-refractivity contribution is 0.563. The normalized spacial score (nSPS) is 21.5. The molecule has 1 aromatic rings. The monoisotopic (exact) mass is 214 g/mol. The van der Waals surface area contributed by atoms with Crippen LogP contribution in [-0.4, -0.2) is 11.2 Å². The first kappa shape index (κ1) is 9.49. The number of hydrogen-bond donors (Lipinski definition) is 1. The van der Waals surface area contributed by atoms with Crippen LogP contribution in [-0.2, 0) is 12.2 Å². The zero-order valence-electron chi connectivity index (χ0n) is 7.75. The molecule has 1 aliphatic carbocycles. The van der Waals surface area contributed by atoms with Gasteiger partial charge in [-0.2, -0.15) is 11.8 Å². The highest BCUT2D eigenvalue weighted by Gasteiger charge is 2.21. The second-order valence-corrected chi connectivity index (χ2v) is 5.38. The third-order valence-electron chi connectivity index (χ3n) is 2.31. The molecule has 0 aliphatic heterocycles. The first-order valence-electron chi connectivity index (χ1n) is 4.54. The number of nitrogens with zero attached hydrogens (tertiary/aromatic N) is 1. The fraction of sp³-hybridized carbons (Fsp3) is 0.667. The summed E-state index contributed by atoms with van der Waals surface area (Å²) in [5, 5.41) is 1.25. The summed E-state index contributed by atoms with van der Waals surface area (Å²) >= 11 is 3.68. The van der Waals surface area contributed by atoms with Gasteiger partial charge in [0.25, 0.3) is 0 Å². The molecule has 0 saturated carbocycles. The Hall–Kier alpha value is -0.0600. The van der Waals surface area contributed by atoms with Gasteiger partial charge >= 0.3 is 0 Å². The lowest BCUT2D eigenvalue weighted by atomic mass is 9.99. The Morgan fingerprint density at radius 1 is 1.69 bits per heavy atom. The molecular formula is C9H14N2S2. The maximum Gasteiger partial charge on any atom is 0.103 e. The van der Waals surface area contributed by atoms with Gasteiger partial charge in [0.15, 0.2) is 0 Å². The van der Waals surface area contributed by atoms with Crippen LogP contribution >= 0.6 is 23.1 Å². The minimum atomic E-state index is 0.204. The van der Waals surface area contributed by atoms with E-state index in [4.69, 9.17) is 5.73 Å². The molecule has 0 saturated heterocycles. The summed E-state index contributed by atoms with van der Waals surface area (Å²) in [6, 6.07) is 0.204. The van der Waals surface area contributed by atoms with Crippen LogP contribution in [0, 0.1) is 0 Å². The van der Waals surface area contributed by atoms with Crippen LogP contribution in [0.3, 0.4) is 0 Å². The van der Waals surface area contributed by atoms with Crippen molar-refractivity contribution in [3.63, 3.8) is 0 Å². The minimum absolute atomic E-state index is 0.204. The van der Waals surface area contributed by atoms with Crippen LogP contribution in [0.1, 0.15) is 34.5 Å². The fourth-order valence-corrected chi connectivity index (χ4v) is 3.56. The van der Waals surface area contributed by atoms with Gasteiger partial charge in [-0.15, -0.1) is 11.3 Å². The number of rotatable bonds is 2. The molecule has 4 heteroatoms. The van der Waals surface area contributed by atoms with E-state index in [1.807, 2.05) is 23.1 Å². The Bertz CT molecular complexity index is 296. The lowest BCUT2D eigenvalue weighted by Gasteiger charge is -2.15. The van der Waals surface area contributed by atoms with Crippen molar-refractivity contribution in [1.82, 2.24) is 4.98 Å². The van der Waals surface area contributed by atoms with Crippen molar-refractivity contribution < 1.29 is 0 Å². The molecule has 0 radical (unpaired) electrons. The molecule has 1 atom stereocenters. The molecule has 1 unspecified atom stereocenters. The molecule has 0 bridgehead atoms. The number of aryl methyl sites for hydroxylation is 1. The highest BCUT2D eigenvalue weighted by Crippen LogP contribution is 2.32. The SMILES string of the molecule is CSCc1nc2c(s1)CCCC2N. The van der Waals surface area contributed by atoms with Crippen LogP contribution < -0.4 is 5.73 Å². The van der Waals surface area contributed by atoms with Crippen molar-refractivity contribution in [1.29, 1.82) is 0 Å². The quantitative estimate of drug-likeness (QED) is 0.821. The summed E-state index contributed by atoms with van der Waals surface area (Å²) in [6.07, 6.45) is 5.64. The van der Waals surface area contributed by atoms with Gasteiger partial charge in [0, 0.05) is 16.7 Å². The van der Waals surface area contributed by atoms with Gasteiger partial charge in [-0.05, 0) is 25.5 Å². The Morgan fingerprint density at radius 2 is 2.54 bits per heavy atom. The Labute approximate surface area is 86.9 Å². The number of thiazole rings is 1. The van der Waals surface area contributed by atoms with E-state index in [1.54, 1.807) is 0 Å². The number of hydrogen-bond acceptors (Lipinski definition) is 4. The Morgan fingerprint density at radius 3 is 3.23 bits per heavy atom. The molecule has 1 aromatic heterocycles. The molecule has 0 fully saturated rings. The predicted octanol–water partition coefficient (Wildman–Crippen LogP) is 2.34. The van der Waals surface area contributed by atoms with E-state index in [0.29, 0.717) is 0 Å². The second kappa shape index (κ2) is 3.98. The van der Waals surface area contributed by atoms with Crippen molar-refractivity contribution in [2.75, 3.05) is 6.26 Å². The number of thioether (sulfide) groups is 1. The lowest BCUT2D eigenvalue weighted by Crippen LogP contribution is -2.16. The van der Waals surface area contributed by atoms with Crippen molar-refractivity contribution in [3.8, 4) is 0 Å². The summed E-state index contributed by atoms with van der Waals surface area (Å²) in [7, 11) is 0. The number of aromatic nitrogens is 1. The highest BCUT2D eigenvalue weighted by molar-refractivity contribution is 7.97.